The Labute approximate surface area is 135 Å². The molecule has 3 N–H and O–H groups in total. The van der Waals surface area contributed by atoms with Crippen molar-refractivity contribution in [2.75, 3.05) is 0 Å². The van der Waals surface area contributed by atoms with E-state index in [1.807, 2.05) is 24.3 Å². The van der Waals surface area contributed by atoms with E-state index in [-0.39, 0.29) is 23.3 Å². The number of carbonyl (C=O) groups excluding carboxylic acids is 1. The van der Waals surface area contributed by atoms with Gasteiger partial charge in [-0.2, -0.15) is 0 Å². The van der Waals surface area contributed by atoms with E-state index in [1.165, 1.54) is 0 Å². The molecular weight excluding hydrogens is 328 g/mol. The maximum Gasteiger partial charge on any atom is 0.223 e. The van der Waals surface area contributed by atoms with Gasteiger partial charge in [-0.1, -0.05) is 48.8 Å². The van der Waals surface area contributed by atoms with E-state index in [0.717, 1.165) is 22.9 Å². The molecule has 1 aliphatic carbocycles. The molecule has 0 saturated heterocycles. The number of nitrogens with one attached hydrogen (secondary N) is 1. The van der Waals surface area contributed by atoms with Crippen LogP contribution in [0.3, 0.4) is 0 Å². The van der Waals surface area contributed by atoms with E-state index in [4.69, 9.17) is 5.73 Å². The average molecular weight is 353 g/mol. The van der Waals surface area contributed by atoms with Crippen molar-refractivity contribution in [1.82, 2.24) is 5.32 Å². The lowest BCUT2D eigenvalue weighted by Crippen LogP contribution is -2.51. The molecule has 0 aromatic heterocycles. The molecule has 116 valence electrons. The van der Waals surface area contributed by atoms with Gasteiger partial charge in [0.15, 0.2) is 0 Å². The lowest BCUT2D eigenvalue weighted by Gasteiger charge is -2.46. The molecule has 1 aromatic rings. The maximum absolute atomic E-state index is 12.6. The molecule has 1 amide bonds. The van der Waals surface area contributed by atoms with Gasteiger partial charge in [0, 0.05) is 23.0 Å². The molecular formula is C17H25BrN2O. The van der Waals surface area contributed by atoms with E-state index in [9.17, 15) is 4.79 Å². The van der Waals surface area contributed by atoms with E-state index >= 15 is 0 Å². The second-order valence-corrected chi connectivity index (χ2v) is 7.67. The molecule has 1 saturated carbocycles. The second kappa shape index (κ2) is 6.49. The highest BCUT2D eigenvalue weighted by atomic mass is 79.9. The second-order valence-electron chi connectivity index (χ2n) is 6.75. The lowest BCUT2D eigenvalue weighted by atomic mass is 9.61. The third-order valence-electron chi connectivity index (χ3n) is 5.17. The molecule has 1 aliphatic rings. The summed E-state index contributed by atoms with van der Waals surface area (Å²) in [5.41, 5.74) is 7.21. The molecule has 2 rings (SSSR count). The molecule has 4 heteroatoms. The van der Waals surface area contributed by atoms with Gasteiger partial charge < -0.3 is 11.1 Å². The quantitative estimate of drug-likeness (QED) is 0.874. The summed E-state index contributed by atoms with van der Waals surface area (Å²) in [6.45, 7) is 7.07. The monoisotopic (exact) mass is 352 g/mol. The standard InChI is InChI=1S/C17H25BrN2O/c1-11-15(19)8-7-14(17(11,2)3)16(21)20-10-12-5-4-6-13(18)9-12/h4-6,9,11,14-15H,7-8,10,19H2,1-3H3,(H,20,21). The summed E-state index contributed by atoms with van der Waals surface area (Å²) in [7, 11) is 0. The van der Waals surface area contributed by atoms with Crippen LogP contribution in [-0.4, -0.2) is 11.9 Å². The first-order valence-corrected chi connectivity index (χ1v) is 8.39. The van der Waals surface area contributed by atoms with Crippen molar-refractivity contribution in [1.29, 1.82) is 0 Å². The lowest BCUT2D eigenvalue weighted by molar-refractivity contribution is -0.132. The van der Waals surface area contributed by atoms with Crippen molar-refractivity contribution in [2.45, 2.75) is 46.2 Å². The van der Waals surface area contributed by atoms with Crippen LogP contribution in [0.1, 0.15) is 39.2 Å². The fraction of sp³-hybridized carbons (Fsp3) is 0.588. The van der Waals surface area contributed by atoms with E-state index in [0.29, 0.717) is 12.5 Å². The zero-order valence-electron chi connectivity index (χ0n) is 13.0. The highest BCUT2D eigenvalue weighted by molar-refractivity contribution is 9.10. The molecule has 0 spiro atoms. The highest BCUT2D eigenvalue weighted by Gasteiger charge is 2.44. The van der Waals surface area contributed by atoms with Gasteiger partial charge in [0.1, 0.15) is 0 Å². The minimum atomic E-state index is -0.0565. The Morgan fingerprint density at radius 1 is 1.43 bits per heavy atom. The third-order valence-corrected chi connectivity index (χ3v) is 5.67. The first-order valence-electron chi connectivity index (χ1n) is 7.60. The van der Waals surface area contributed by atoms with Gasteiger partial charge in [0.05, 0.1) is 0 Å². The fourth-order valence-electron chi connectivity index (χ4n) is 3.28. The SMILES string of the molecule is CC1C(N)CCC(C(=O)NCc2cccc(Br)c2)C1(C)C. The summed E-state index contributed by atoms with van der Waals surface area (Å²) in [5.74, 6) is 0.547. The predicted molar refractivity (Wildman–Crippen MR) is 89.6 cm³/mol. The van der Waals surface area contributed by atoms with Gasteiger partial charge in [0.2, 0.25) is 5.91 Å². The van der Waals surface area contributed by atoms with Crippen LogP contribution in [0.2, 0.25) is 0 Å². The first-order chi connectivity index (χ1) is 9.82. The Morgan fingerprint density at radius 2 is 2.14 bits per heavy atom. The number of halogens is 1. The van der Waals surface area contributed by atoms with E-state index in [1.54, 1.807) is 0 Å². The van der Waals surface area contributed by atoms with Crippen LogP contribution < -0.4 is 11.1 Å². The minimum Gasteiger partial charge on any atom is -0.352 e. The number of hydrogen-bond acceptors (Lipinski definition) is 2. The Balaban J connectivity index is 2.00. The van der Waals surface area contributed by atoms with Gasteiger partial charge in [-0.3, -0.25) is 4.79 Å². The van der Waals surface area contributed by atoms with Crippen LogP contribution in [0.4, 0.5) is 0 Å². The zero-order valence-corrected chi connectivity index (χ0v) is 14.6. The summed E-state index contributed by atoms with van der Waals surface area (Å²) in [6, 6.07) is 8.23. The van der Waals surface area contributed by atoms with Crippen LogP contribution >= 0.6 is 15.9 Å². The molecule has 0 bridgehead atoms. The average Bonchev–Trinajstić information content (AvgIpc) is 2.42. The van der Waals surface area contributed by atoms with Crippen molar-refractivity contribution < 1.29 is 4.79 Å². The third kappa shape index (κ3) is 3.67. The summed E-state index contributed by atoms with van der Waals surface area (Å²) in [4.78, 5) is 12.6. The first kappa shape index (κ1) is 16.5. The largest absolute Gasteiger partial charge is 0.352 e. The van der Waals surface area contributed by atoms with Crippen molar-refractivity contribution in [3.63, 3.8) is 0 Å². The predicted octanol–water partition coefficient (Wildman–Crippen LogP) is 3.46. The normalized spacial score (nSPS) is 28.1. The van der Waals surface area contributed by atoms with Gasteiger partial charge in [-0.15, -0.1) is 0 Å². The fourth-order valence-corrected chi connectivity index (χ4v) is 3.73. The number of rotatable bonds is 3. The van der Waals surface area contributed by atoms with Gasteiger partial charge in [-0.05, 0) is 41.9 Å². The zero-order chi connectivity index (χ0) is 15.6. The summed E-state index contributed by atoms with van der Waals surface area (Å²) >= 11 is 3.45. The van der Waals surface area contributed by atoms with Crippen LogP contribution in [0.15, 0.2) is 28.7 Å². The highest BCUT2D eigenvalue weighted by Crippen LogP contribution is 2.44. The molecule has 1 aromatic carbocycles. The van der Waals surface area contributed by atoms with Crippen LogP contribution in [0, 0.1) is 17.3 Å². The summed E-state index contributed by atoms with van der Waals surface area (Å²) in [6.07, 6.45) is 1.81. The molecule has 0 heterocycles. The number of carbonyl (C=O) groups is 1. The molecule has 3 nitrogen and oxygen atoms in total. The van der Waals surface area contributed by atoms with Gasteiger partial charge >= 0.3 is 0 Å². The maximum atomic E-state index is 12.6. The number of amides is 1. The minimum absolute atomic E-state index is 0.0412. The van der Waals surface area contributed by atoms with Crippen LogP contribution in [0.25, 0.3) is 0 Å². The summed E-state index contributed by atoms with van der Waals surface area (Å²) in [5, 5.41) is 3.09. The molecule has 0 radical (unpaired) electrons. The van der Waals surface area contributed by atoms with E-state index in [2.05, 4.69) is 42.0 Å². The van der Waals surface area contributed by atoms with Crippen LogP contribution in [0.5, 0.6) is 0 Å². The van der Waals surface area contributed by atoms with Crippen molar-refractivity contribution in [3.05, 3.63) is 34.3 Å². The topological polar surface area (TPSA) is 55.1 Å². The smallest absolute Gasteiger partial charge is 0.223 e. The van der Waals surface area contributed by atoms with Crippen molar-refractivity contribution >= 4 is 21.8 Å². The summed E-state index contributed by atoms with van der Waals surface area (Å²) < 4.78 is 1.03. The molecule has 1 fully saturated rings. The number of nitrogens with two attached hydrogens (primary N) is 1. The molecule has 21 heavy (non-hydrogen) atoms. The van der Waals surface area contributed by atoms with Crippen LogP contribution in [-0.2, 0) is 11.3 Å². The van der Waals surface area contributed by atoms with Crippen molar-refractivity contribution in [3.8, 4) is 0 Å². The Morgan fingerprint density at radius 3 is 2.81 bits per heavy atom. The van der Waals surface area contributed by atoms with Crippen molar-refractivity contribution in [2.24, 2.45) is 23.0 Å². The molecule has 3 unspecified atom stereocenters. The van der Waals surface area contributed by atoms with Gasteiger partial charge in [-0.25, -0.2) is 0 Å². The number of benzene rings is 1. The molecule has 0 aliphatic heterocycles. The van der Waals surface area contributed by atoms with E-state index < -0.39 is 0 Å². The molecule has 3 atom stereocenters. The Bertz CT molecular complexity index is 515. The number of hydrogen-bond donors (Lipinski definition) is 2. The Kier molecular flexibility index (Phi) is 5.10. The van der Waals surface area contributed by atoms with Gasteiger partial charge in [0.25, 0.3) is 0 Å². The Hall–Kier alpha value is -0.870.